The Balaban J connectivity index is 2.33. The van der Waals surface area contributed by atoms with Crippen LogP contribution in [0.5, 0.6) is 0 Å². The van der Waals surface area contributed by atoms with E-state index >= 15 is 0 Å². The monoisotopic (exact) mass is 284 g/mol. The zero-order chi connectivity index (χ0) is 14.0. The van der Waals surface area contributed by atoms with Gasteiger partial charge in [-0.3, -0.25) is 0 Å². The van der Waals surface area contributed by atoms with Crippen molar-refractivity contribution in [3.05, 3.63) is 58.1 Å². The molecule has 0 aliphatic heterocycles. The van der Waals surface area contributed by atoms with E-state index in [1.54, 1.807) is 0 Å². The number of carboxylic acid groups (broad SMARTS) is 1. The number of halogens is 3. The molecule has 2 rings (SSSR count). The number of hydrogen-bond donors (Lipinski definition) is 1. The largest absolute Gasteiger partial charge is 0.476 e. The number of benzene rings is 1. The van der Waals surface area contributed by atoms with E-state index < -0.39 is 17.6 Å². The number of aromatic nitrogens is 2. The molecule has 0 aliphatic rings. The lowest BCUT2D eigenvalue weighted by molar-refractivity contribution is 0.0690. The van der Waals surface area contributed by atoms with Gasteiger partial charge in [0.25, 0.3) is 0 Å². The van der Waals surface area contributed by atoms with Gasteiger partial charge < -0.3 is 5.11 Å². The lowest BCUT2D eigenvalue weighted by Crippen LogP contribution is -2.07. The van der Waals surface area contributed by atoms with Gasteiger partial charge in [-0.1, -0.05) is 17.7 Å². The molecule has 1 N–H and O–H groups in total. The summed E-state index contributed by atoms with van der Waals surface area (Å²) >= 11 is 5.62. The normalized spacial score (nSPS) is 10.5. The van der Waals surface area contributed by atoms with Gasteiger partial charge in [-0.25, -0.2) is 23.5 Å². The molecule has 0 saturated carbocycles. The number of nitrogens with zero attached hydrogens (tertiary/aromatic N) is 2. The summed E-state index contributed by atoms with van der Waals surface area (Å²) in [6, 6.07) is 3.10. The molecule has 1 aromatic heterocycles. The Kier molecular flexibility index (Phi) is 3.71. The minimum Gasteiger partial charge on any atom is -0.476 e. The smallest absolute Gasteiger partial charge is 0.356 e. The van der Waals surface area contributed by atoms with Crippen LogP contribution in [-0.2, 0) is 6.42 Å². The molecule has 1 heterocycles. The highest BCUT2D eigenvalue weighted by atomic mass is 35.5. The molecule has 0 fully saturated rings. The van der Waals surface area contributed by atoms with Gasteiger partial charge in [0.15, 0.2) is 5.69 Å². The summed E-state index contributed by atoms with van der Waals surface area (Å²) in [5.74, 6) is -2.64. The van der Waals surface area contributed by atoms with Crippen LogP contribution >= 0.6 is 11.6 Å². The minimum absolute atomic E-state index is 0.0520. The maximum Gasteiger partial charge on any atom is 0.356 e. The molecule has 1 aromatic carbocycles. The third-order valence-electron chi connectivity index (χ3n) is 2.36. The van der Waals surface area contributed by atoms with Gasteiger partial charge >= 0.3 is 5.97 Å². The predicted octanol–water partition coefficient (Wildman–Crippen LogP) is 2.70. The Labute approximate surface area is 111 Å². The van der Waals surface area contributed by atoms with E-state index in [1.165, 1.54) is 6.07 Å². The van der Waals surface area contributed by atoms with Crippen molar-refractivity contribution >= 4 is 17.6 Å². The van der Waals surface area contributed by atoms with Crippen molar-refractivity contribution in [2.45, 2.75) is 6.42 Å². The van der Waals surface area contributed by atoms with Crippen LogP contribution in [0.25, 0.3) is 0 Å². The van der Waals surface area contributed by atoms with Gasteiger partial charge in [0, 0.05) is 12.5 Å². The molecule has 7 heteroatoms. The zero-order valence-electron chi connectivity index (χ0n) is 9.40. The highest BCUT2D eigenvalue weighted by Crippen LogP contribution is 2.16. The summed E-state index contributed by atoms with van der Waals surface area (Å²) in [4.78, 5) is 18.4. The minimum atomic E-state index is -1.30. The second kappa shape index (κ2) is 5.27. The Morgan fingerprint density at radius 1 is 1.37 bits per heavy atom. The second-order valence-corrected chi connectivity index (χ2v) is 4.11. The molecule has 0 unspecified atom stereocenters. The molecule has 0 radical (unpaired) electrons. The summed E-state index contributed by atoms with van der Waals surface area (Å²) in [7, 11) is 0. The van der Waals surface area contributed by atoms with Gasteiger partial charge in [-0.05, 0) is 11.6 Å². The van der Waals surface area contributed by atoms with Gasteiger partial charge in [-0.2, -0.15) is 0 Å². The van der Waals surface area contributed by atoms with Crippen molar-refractivity contribution in [1.82, 2.24) is 9.97 Å². The van der Waals surface area contributed by atoms with Crippen LogP contribution in [0.15, 0.2) is 24.4 Å². The first-order valence-electron chi connectivity index (χ1n) is 5.16. The van der Waals surface area contributed by atoms with E-state index in [-0.39, 0.29) is 28.5 Å². The molecular weight excluding hydrogens is 278 g/mol. The van der Waals surface area contributed by atoms with Crippen LogP contribution in [0.4, 0.5) is 8.78 Å². The van der Waals surface area contributed by atoms with Crippen molar-refractivity contribution in [3.8, 4) is 0 Å². The number of carboxylic acids is 1. The maximum atomic E-state index is 13.4. The lowest BCUT2D eigenvalue weighted by atomic mass is 10.1. The zero-order valence-corrected chi connectivity index (χ0v) is 10.2. The summed E-state index contributed by atoms with van der Waals surface area (Å²) < 4.78 is 26.2. The summed E-state index contributed by atoms with van der Waals surface area (Å²) in [5, 5.41) is 8.75. The second-order valence-electron chi connectivity index (χ2n) is 3.70. The fraction of sp³-hybridized carbons (Fsp3) is 0.0833. The number of hydrogen-bond acceptors (Lipinski definition) is 3. The van der Waals surface area contributed by atoms with Gasteiger partial charge in [-0.15, -0.1) is 0 Å². The number of carbonyl (C=O) groups is 1. The Hall–Kier alpha value is -2.08. The molecule has 98 valence electrons. The Morgan fingerprint density at radius 3 is 2.74 bits per heavy atom. The average molecular weight is 285 g/mol. The summed E-state index contributed by atoms with van der Waals surface area (Å²) in [6.45, 7) is 0. The van der Waals surface area contributed by atoms with E-state index in [9.17, 15) is 13.6 Å². The van der Waals surface area contributed by atoms with Crippen molar-refractivity contribution in [3.63, 3.8) is 0 Å². The average Bonchev–Trinajstić information content (AvgIpc) is 2.34. The molecular formula is C12H7ClF2N2O2. The molecule has 0 bridgehead atoms. The standard InChI is InChI=1S/C12H7ClF2N2O2/c13-8-5-16-10(17-11(8)12(18)19)3-6-1-2-7(14)4-9(6)15/h1-2,4-5H,3H2,(H,18,19). The topological polar surface area (TPSA) is 63.1 Å². The van der Waals surface area contributed by atoms with Crippen LogP contribution in [0.2, 0.25) is 5.02 Å². The maximum absolute atomic E-state index is 13.4. The first-order valence-corrected chi connectivity index (χ1v) is 5.54. The molecule has 0 amide bonds. The quantitative estimate of drug-likeness (QED) is 0.941. The van der Waals surface area contributed by atoms with E-state index in [0.717, 1.165) is 18.3 Å². The molecule has 0 atom stereocenters. The highest BCUT2D eigenvalue weighted by Gasteiger charge is 2.14. The van der Waals surface area contributed by atoms with Crippen molar-refractivity contribution in [1.29, 1.82) is 0 Å². The predicted molar refractivity (Wildman–Crippen MR) is 63.2 cm³/mol. The highest BCUT2D eigenvalue weighted by molar-refractivity contribution is 6.33. The van der Waals surface area contributed by atoms with Crippen LogP contribution < -0.4 is 0 Å². The van der Waals surface area contributed by atoms with Gasteiger partial charge in [0.2, 0.25) is 0 Å². The molecule has 2 aromatic rings. The summed E-state index contributed by atoms with van der Waals surface area (Å²) in [5.41, 5.74) is -0.186. The molecule has 0 aliphatic carbocycles. The van der Waals surface area contributed by atoms with Crippen molar-refractivity contribution < 1.29 is 18.7 Å². The van der Waals surface area contributed by atoms with Crippen molar-refractivity contribution in [2.24, 2.45) is 0 Å². The summed E-state index contributed by atoms with van der Waals surface area (Å²) in [6.07, 6.45) is 1.08. The SMILES string of the molecule is O=C(O)c1nc(Cc2ccc(F)cc2F)ncc1Cl. The fourth-order valence-electron chi connectivity index (χ4n) is 1.47. The van der Waals surface area contributed by atoms with Crippen LogP contribution in [0, 0.1) is 11.6 Å². The fourth-order valence-corrected chi connectivity index (χ4v) is 1.65. The van der Waals surface area contributed by atoms with Crippen LogP contribution in [0.1, 0.15) is 21.9 Å². The van der Waals surface area contributed by atoms with Crippen LogP contribution in [0.3, 0.4) is 0 Å². The van der Waals surface area contributed by atoms with E-state index in [4.69, 9.17) is 16.7 Å². The van der Waals surface area contributed by atoms with E-state index in [1.807, 2.05) is 0 Å². The number of aromatic carboxylic acids is 1. The molecule has 0 saturated heterocycles. The number of rotatable bonds is 3. The molecule has 19 heavy (non-hydrogen) atoms. The van der Waals surface area contributed by atoms with E-state index in [2.05, 4.69) is 9.97 Å². The van der Waals surface area contributed by atoms with Gasteiger partial charge in [0.05, 0.1) is 11.2 Å². The first kappa shape index (κ1) is 13.4. The Bertz CT molecular complexity index is 650. The third-order valence-corrected chi connectivity index (χ3v) is 2.64. The molecule has 0 spiro atoms. The lowest BCUT2D eigenvalue weighted by Gasteiger charge is -2.04. The van der Waals surface area contributed by atoms with E-state index in [0.29, 0.717) is 0 Å². The van der Waals surface area contributed by atoms with Crippen molar-refractivity contribution in [2.75, 3.05) is 0 Å². The third kappa shape index (κ3) is 3.03. The first-order chi connectivity index (χ1) is 8.97. The molecule has 4 nitrogen and oxygen atoms in total. The van der Waals surface area contributed by atoms with Gasteiger partial charge in [0.1, 0.15) is 17.5 Å². The Morgan fingerprint density at radius 2 is 2.11 bits per heavy atom. The van der Waals surface area contributed by atoms with Crippen LogP contribution in [-0.4, -0.2) is 21.0 Å².